The molecule has 1 N–H and O–H groups in total. The van der Waals surface area contributed by atoms with Gasteiger partial charge in [-0.15, -0.1) is 0 Å². The molecule has 0 saturated heterocycles. The molecule has 0 atom stereocenters. The fraction of sp³-hybridized carbons (Fsp3) is 0.533. The summed E-state index contributed by atoms with van der Waals surface area (Å²) in [6.45, 7) is 2.55. The first-order valence-corrected chi connectivity index (χ1v) is 8.74. The molecule has 9 heteroatoms. The number of rotatable bonds is 13. The highest BCUT2D eigenvalue weighted by atomic mass is 32.2. The second kappa shape index (κ2) is 11.1. The van der Waals surface area contributed by atoms with E-state index in [1.54, 1.807) is 12.1 Å². The van der Waals surface area contributed by atoms with Crippen LogP contribution in [0.3, 0.4) is 0 Å². The van der Waals surface area contributed by atoms with Gasteiger partial charge >= 0.3 is 5.97 Å². The molecule has 0 saturated carbocycles. The van der Waals surface area contributed by atoms with Crippen molar-refractivity contribution in [3.63, 3.8) is 0 Å². The lowest BCUT2D eigenvalue weighted by atomic mass is 10.2. The molecule has 0 aliphatic heterocycles. The summed E-state index contributed by atoms with van der Waals surface area (Å²) in [7, 11) is -3.77. The van der Waals surface area contributed by atoms with Crippen LogP contribution in [0.2, 0.25) is 0 Å². The summed E-state index contributed by atoms with van der Waals surface area (Å²) in [4.78, 5) is 10.3. The molecule has 0 fully saturated rings. The fourth-order valence-corrected chi connectivity index (χ4v) is 2.47. The minimum Gasteiger partial charge on any atom is -0.480 e. The summed E-state index contributed by atoms with van der Waals surface area (Å²) < 4.78 is 43.7. The summed E-state index contributed by atoms with van der Waals surface area (Å²) >= 11 is 0. The minimum atomic E-state index is -3.77. The van der Waals surface area contributed by atoms with Gasteiger partial charge in [0.15, 0.2) is 0 Å². The molecule has 0 aliphatic carbocycles. The van der Waals surface area contributed by atoms with E-state index in [2.05, 4.69) is 0 Å². The number of hydrogen-bond donors (Lipinski definition) is 1. The van der Waals surface area contributed by atoms with E-state index < -0.39 is 16.1 Å². The Kier molecular flexibility index (Phi) is 9.50. The Morgan fingerprint density at radius 2 is 1.42 bits per heavy atom. The predicted molar refractivity (Wildman–Crippen MR) is 84.4 cm³/mol. The van der Waals surface area contributed by atoms with Crippen molar-refractivity contribution in [1.29, 1.82) is 0 Å². The first-order chi connectivity index (χ1) is 11.4. The predicted octanol–water partition coefficient (Wildman–Crippen LogP) is 0.835. The lowest BCUT2D eigenvalue weighted by Gasteiger charge is -2.07. The Bertz CT molecular complexity index is 582. The van der Waals surface area contributed by atoms with Crippen LogP contribution in [-0.2, 0) is 33.3 Å². The Morgan fingerprint density at radius 3 is 1.96 bits per heavy atom. The van der Waals surface area contributed by atoms with Crippen molar-refractivity contribution >= 4 is 16.1 Å². The van der Waals surface area contributed by atoms with Gasteiger partial charge in [-0.1, -0.05) is 17.7 Å². The van der Waals surface area contributed by atoms with Gasteiger partial charge in [-0.2, -0.15) is 8.42 Å². The second-order valence-corrected chi connectivity index (χ2v) is 6.38. The molecule has 1 aromatic rings. The van der Waals surface area contributed by atoms with Crippen molar-refractivity contribution in [3.8, 4) is 0 Å². The number of carbonyl (C=O) groups is 1. The molecule has 136 valence electrons. The summed E-state index contributed by atoms with van der Waals surface area (Å²) in [6.07, 6.45) is 0. The quantitative estimate of drug-likeness (QED) is 0.406. The van der Waals surface area contributed by atoms with E-state index in [0.29, 0.717) is 6.61 Å². The van der Waals surface area contributed by atoms with Crippen molar-refractivity contribution in [2.45, 2.75) is 11.8 Å². The lowest BCUT2D eigenvalue weighted by Crippen LogP contribution is -2.15. The van der Waals surface area contributed by atoms with Crippen LogP contribution < -0.4 is 0 Å². The topological polar surface area (TPSA) is 108 Å². The van der Waals surface area contributed by atoms with Crippen LogP contribution in [0.5, 0.6) is 0 Å². The zero-order valence-corrected chi connectivity index (χ0v) is 14.3. The van der Waals surface area contributed by atoms with Gasteiger partial charge in [0.2, 0.25) is 0 Å². The van der Waals surface area contributed by atoms with Gasteiger partial charge in [0.05, 0.1) is 44.5 Å². The summed E-state index contributed by atoms with van der Waals surface area (Å²) in [5.41, 5.74) is 0.964. The van der Waals surface area contributed by atoms with E-state index >= 15 is 0 Å². The van der Waals surface area contributed by atoms with E-state index in [0.717, 1.165) is 5.56 Å². The van der Waals surface area contributed by atoms with Crippen molar-refractivity contribution in [1.82, 2.24) is 0 Å². The number of benzene rings is 1. The van der Waals surface area contributed by atoms with Gasteiger partial charge in [-0.05, 0) is 19.1 Å². The number of aryl methyl sites for hydroxylation is 1. The third-order valence-corrected chi connectivity index (χ3v) is 4.07. The first-order valence-electron chi connectivity index (χ1n) is 7.33. The van der Waals surface area contributed by atoms with Gasteiger partial charge in [0.25, 0.3) is 10.1 Å². The van der Waals surface area contributed by atoms with Crippen LogP contribution in [0, 0.1) is 6.92 Å². The zero-order valence-electron chi connectivity index (χ0n) is 13.5. The Labute approximate surface area is 141 Å². The number of carboxylic acids is 1. The molecule has 8 nitrogen and oxygen atoms in total. The maximum absolute atomic E-state index is 11.9. The summed E-state index contributed by atoms with van der Waals surface area (Å²) in [5, 5.41) is 8.34. The Balaban J connectivity index is 2.03. The van der Waals surface area contributed by atoms with Gasteiger partial charge in [0.1, 0.15) is 6.61 Å². The van der Waals surface area contributed by atoms with Crippen molar-refractivity contribution < 1.29 is 36.7 Å². The number of ether oxygens (including phenoxy) is 3. The lowest BCUT2D eigenvalue weighted by molar-refractivity contribution is -0.142. The van der Waals surface area contributed by atoms with Crippen LogP contribution in [0.1, 0.15) is 5.56 Å². The molecule has 1 rings (SSSR count). The Morgan fingerprint density at radius 1 is 0.917 bits per heavy atom. The first kappa shape index (κ1) is 20.5. The molecular weight excluding hydrogens is 340 g/mol. The van der Waals surface area contributed by atoms with E-state index in [4.69, 9.17) is 23.5 Å². The molecule has 0 bridgehead atoms. The van der Waals surface area contributed by atoms with Gasteiger partial charge in [-0.25, -0.2) is 4.79 Å². The molecule has 0 unspecified atom stereocenters. The van der Waals surface area contributed by atoms with E-state index in [1.807, 2.05) is 6.92 Å². The zero-order chi connectivity index (χ0) is 17.8. The SMILES string of the molecule is Cc1ccc(S(=O)(=O)OCCOCCOCCOCC(=O)O)cc1. The van der Waals surface area contributed by atoms with Gasteiger partial charge < -0.3 is 19.3 Å². The molecule has 0 aromatic heterocycles. The molecule has 1 aromatic carbocycles. The van der Waals surface area contributed by atoms with Crippen LogP contribution in [0.4, 0.5) is 0 Å². The van der Waals surface area contributed by atoms with Gasteiger partial charge in [-0.3, -0.25) is 4.18 Å². The van der Waals surface area contributed by atoms with Crippen LogP contribution >= 0.6 is 0 Å². The summed E-state index contributed by atoms with van der Waals surface area (Å²) in [5.74, 6) is -1.03. The highest BCUT2D eigenvalue weighted by molar-refractivity contribution is 7.86. The summed E-state index contributed by atoms with van der Waals surface area (Å²) in [6, 6.07) is 6.38. The number of hydrogen-bond acceptors (Lipinski definition) is 7. The molecule has 0 heterocycles. The van der Waals surface area contributed by atoms with E-state index in [9.17, 15) is 13.2 Å². The molecule has 0 amide bonds. The average molecular weight is 362 g/mol. The highest BCUT2D eigenvalue weighted by Crippen LogP contribution is 2.12. The normalized spacial score (nSPS) is 11.5. The van der Waals surface area contributed by atoms with Gasteiger partial charge in [0, 0.05) is 0 Å². The fourth-order valence-electron chi connectivity index (χ4n) is 1.57. The maximum Gasteiger partial charge on any atom is 0.329 e. The number of aliphatic carboxylic acids is 1. The second-order valence-electron chi connectivity index (χ2n) is 4.76. The minimum absolute atomic E-state index is 0.0854. The van der Waals surface area contributed by atoms with Crippen molar-refractivity contribution in [2.75, 3.05) is 46.2 Å². The Hall–Kier alpha value is -1.52. The third kappa shape index (κ3) is 8.94. The smallest absolute Gasteiger partial charge is 0.329 e. The van der Waals surface area contributed by atoms with Crippen molar-refractivity contribution in [3.05, 3.63) is 29.8 Å². The molecule has 24 heavy (non-hydrogen) atoms. The molecule has 0 aliphatic rings. The largest absolute Gasteiger partial charge is 0.480 e. The maximum atomic E-state index is 11.9. The van der Waals surface area contributed by atoms with E-state index in [-0.39, 0.29) is 44.5 Å². The van der Waals surface area contributed by atoms with E-state index in [1.165, 1.54) is 12.1 Å². The monoisotopic (exact) mass is 362 g/mol. The third-order valence-electron chi connectivity index (χ3n) is 2.75. The number of carboxylic acid groups (broad SMARTS) is 1. The standard InChI is InChI=1S/C15H22O8S/c1-13-2-4-14(5-3-13)24(18,19)23-11-10-21-7-6-20-8-9-22-12-15(16)17/h2-5H,6-12H2,1H3,(H,16,17). The molecular formula is C15H22O8S. The van der Waals surface area contributed by atoms with Crippen molar-refractivity contribution in [2.24, 2.45) is 0 Å². The average Bonchev–Trinajstić information content (AvgIpc) is 2.52. The molecule has 0 radical (unpaired) electrons. The van der Waals surface area contributed by atoms with Crippen LogP contribution in [0.25, 0.3) is 0 Å². The van der Waals surface area contributed by atoms with Crippen LogP contribution in [0.15, 0.2) is 29.2 Å². The van der Waals surface area contributed by atoms with Crippen LogP contribution in [-0.4, -0.2) is 65.7 Å². The highest BCUT2D eigenvalue weighted by Gasteiger charge is 2.14. The molecule has 0 spiro atoms.